The number of halogens is 1. The molecule has 5 nitrogen and oxygen atoms in total. The van der Waals surface area contributed by atoms with E-state index in [0.29, 0.717) is 0 Å². The van der Waals surface area contributed by atoms with Crippen LogP contribution in [0.5, 0.6) is 0 Å². The van der Waals surface area contributed by atoms with Gasteiger partial charge in [0.15, 0.2) is 0 Å². The molecule has 0 unspecified atom stereocenters. The summed E-state index contributed by atoms with van der Waals surface area (Å²) in [5.74, 6) is 0.139. The number of nitrogens with zero attached hydrogens (tertiary/aromatic N) is 2. The standard InChI is InChI=1S/C19H26N4OS.ClH/c1-3-22-11-13(12-23(22)4-2)21-19(24)16-9-15-14-7-5-6-8-17(14)25-18(15)10-20-16;/h5-8,13,16,20H,3-4,9-12H2,1-2H3,(H,21,24);1H/t16-;/m1./s1. The van der Waals surface area contributed by atoms with Gasteiger partial charge in [0.25, 0.3) is 0 Å². The Labute approximate surface area is 165 Å². The van der Waals surface area contributed by atoms with Crippen molar-refractivity contribution in [3.05, 3.63) is 34.7 Å². The van der Waals surface area contributed by atoms with Crippen LogP contribution in [0.1, 0.15) is 24.3 Å². The highest BCUT2D eigenvalue weighted by molar-refractivity contribution is 7.19. The Hall–Kier alpha value is -1.18. The topological polar surface area (TPSA) is 47.6 Å². The molecule has 0 saturated carbocycles. The van der Waals surface area contributed by atoms with Crippen molar-refractivity contribution in [1.82, 2.24) is 20.7 Å². The van der Waals surface area contributed by atoms with Crippen LogP contribution in [-0.2, 0) is 17.8 Å². The van der Waals surface area contributed by atoms with Crippen LogP contribution in [0, 0.1) is 0 Å². The van der Waals surface area contributed by atoms with E-state index in [9.17, 15) is 4.79 Å². The molecule has 1 amide bonds. The zero-order chi connectivity index (χ0) is 17.4. The van der Waals surface area contributed by atoms with Crippen molar-refractivity contribution < 1.29 is 4.79 Å². The minimum absolute atomic E-state index is 0. The summed E-state index contributed by atoms with van der Waals surface area (Å²) < 4.78 is 1.32. The largest absolute Gasteiger partial charge is 0.349 e. The fourth-order valence-electron chi connectivity index (χ4n) is 4.04. The zero-order valence-corrected chi connectivity index (χ0v) is 17.0. The fraction of sp³-hybridized carbons (Fsp3) is 0.526. The molecule has 2 aromatic rings. The third kappa shape index (κ3) is 3.62. The van der Waals surface area contributed by atoms with Crippen molar-refractivity contribution in [1.29, 1.82) is 0 Å². The Kier molecular flexibility index (Phi) is 6.20. The summed E-state index contributed by atoms with van der Waals surface area (Å²) in [6.07, 6.45) is 0.785. The second-order valence-corrected chi connectivity index (χ2v) is 7.99. The van der Waals surface area contributed by atoms with Gasteiger partial charge in [-0.3, -0.25) is 4.79 Å². The van der Waals surface area contributed by atoms with Gasteiger partial charge >= 0.3 is 0 Å². The number of carbonyl (C=O) groups is 1. The zero-order valence-electron chi connectivity index (χ0n) is 15.3. The highest BCUT2D eigenvalue weighted by atomic mass is 35.5. The van der Waals surface area contributed by atoms with E-state index in [1.165, 1.54) is 20.5 Å². The number of carbonyl (C=O) groups excluding carboxylic acids is 1. The molecule has 2 aliphatic rings. The number of hydrogen-bond donors (Lipinski definition) is 2. The highest BCUT2D eigenvalue weighted by Gasteiger charge is 2.32. The van der Waals surface area contributed by atoms with Crippen molar-refractivity contribution in [2.75, 3.05) is 26.2 Å². The summed E-state index contributed by atoms with van der Waals surface area (Å²) in [6, 6.07) is 8.61. The smallest absolute Gasteiger partial charge is 0.237 e. The molecule has 0 bridgehead atoms. The molecular weight excluding hydrogens is 368 g/mol. The second kappa shape index (κ2) is 8.23. The van der Waals surface area contributed by atoms with Gasteiger partial charge in [0.05, 0.1) is 12.1 Å². The third-order valence-electron chi connectivity index (χ3n) is 5.35. The summed E-state index contributed by atoms with van der Waals surface area (Å²) >= 11 is 1.85. The van der Waals surface area contributed by atoms with Crippen LogP contribution < -0.4 is 10.6 Å². The molecule has 0 aliphatic carbocycles. The molecule has 3 heterocycles. The number of thiophene rings is 1. The lowest BCUT2D eigenvalue weighted by atomic mass is 9.98. The number of likely N-dealkylation sites (N-methyl/N-ethyl adjacent to an activating group) is 2. The van der Waals surface area contributed by atoms with Crippen molar-refractivity contribution in [3.63, 3.8) is 0 Å². The molecule has 1 aromatic carbocycles. The van der Waals surface area contributed by atoms with Gasteiger partial charge in [0, 0.05) is 42.3 Å². The van der Waals surface area contributed by atoms with E-state index in [-0.39, 0.29) is 30.4 Å². The summed E-state index contributed by atoms with van der Waals surface area (Å²) in [5, 5.41) is 12.7. The lowest BCUT2D eigenvalue weighted by Gasteiger charge is -2.25. The summed E-state index contributed by atoms with van der Waals surface area (Å²) in [4.78, 5) is 14.2. The number of hydrogen-bond acceptors (Lipinski definition) is 5. The minimum Gasteiger partial charge on any atom is -0.349 e. The number of hydrazine groups is 1. The Morgan fingerprint density at radius 1 is 1.23 bits per heavy atom. The van der Waals surface area contributed by atoms with Gasteiger partial charge < -0.3 is 10.6 Å². The maximum atomic E-state index is 12.8. The average Bonchev–Trinajstić information content (AvgIpc) is 3.21. The Bertz CT molecular complexity index is 768. The number of rotatable bonds is 4. The maximum Gasteiger partial charge on any atom is 0.237 e. The average molecular weight is 395 g/mol. The van der Waals surface area contributed by atoms with Gasteiger partial charge in [-0.2, -0.15) is 0 Å². The molecule has 1 fully saturated rings. The molecule has 26 heavy (non-hydrogen) atoms. The molecule has 4 rings (SSSR count). The first-order chi connectivity index (χ1) is 12.2. The quantitative estimate of drug-likeness (QED) is 0.836. The number of fused-ring (bicyclic) bond motifs is 3. The first-order valence-corrected chi connectivity index (χ1v) is 10.0. The molecule has 0 spiro atoms. The van der Waals surface area contributed by atoms with Crippen LogP contribution in [0.2, 0.25) is 0 Å². The van der Waals surface area contributed by atoms with E-state index in [1.807, 2.05) is 11.3 Å². The first-order valence-electron chi connectivity index (χ1n) is 9.22. The van der Waals surface area contributed by atoms with E-state index in [1.54, 1.807) is 0 Å². The first kappa shape index (κ1) is 19.6. The van der Waals surface area contributed by atoms with Gasteiger partial charge in [-0.1, -0.05) is 32.0 Å². The van der Waals surface area contributed by atoms with Crippen molar-refractivity contribution in [2.24, 2.45) is 0 Å². The van der Waals surface area contributed by atoms with E-state index in [2.05, 4.69) is 58.8 Å². The van der Waals surface area contributed by atoms with Crippen LogP contribution in [-0.4, -0.2) is 54.2 Å². The van der Waals surface area contributed by atoms with Crippen molar-refractivity contribution in [3.8, 4) is 0 Å². The highest BCUT2D eigenvalue weighted by Crippen LogP contribution is 2.34. The van der Waals surface area contributed by atoms with Crippen LogP contribution in [0.4, 0.5) is 0 Å². The predicted molar refractivity (Wildman–Crippen MR) is 110 cm³/mol. The van der Waals surface area contributed by atoms with Crippen LogP contribution in [0.15, 0.2) is 24.3 Å². The molecule has 7 heteroatoms. The Morgan fingerprint density at radius 2 is 1.92 bits per heavy atom. The minimum atomic E-state index is -0.128. The number of nitrogens with one attached hydrogen (secondary N) is 2. The third-order valence-corrected chi connectivity index (χ3v) is 6.57. The normalized spacial score (nSPS) is 21.5. The summed E-state index contributed by atoms with van der Waals surface area (Å²) in [7, 11) is 0. The van der Waals surface area contributed by atoms with Gasteiger partial charge in [-0.25, -0.2) is 10.0 Å². The van der Waals surface area contributed by atoms with Crippen molar-refractivity contribution in [2.45, 2.75) is 38.9 Å². The monoisotopic (exact) mass is 394 g/mol. The van der Waals surface area contributed by atoms with E-state index in [0.717, 1.165) is 39.1 Å². The number of benzene rings is 1. The molecule has 142 valence electrons. The van der Waals surface area contributed by atoms with Crippen LogP contribution in [0.25, 0.3) is 10.1 Å². The maximum absolute atomic E-state index is 12.8. The second-order valence-electron chi connectivity index (χ2n) is 6.85. The molecular formula is C19H27ClN4OS. The van der Waals surface area contributed by atoms with Gasteiger partial charge in [0.1, 0.15) is 0 Å². The number of amides is 1. The lowest BCUT2D eigenvalue weighted by molar-refractivity contribution is -0.123. The Morgan fingerprint density at radius 3 is 2.62 bits per heavy atom. The van der Waals surface area contributed by atoms with E-state index in [4.69, 9.17) is 0 Å². The molecule has 0 radical (unpaired) electrons. The lowest BCUT2D eigenvalue weighted by Crippen LogP contribution is -2.51. The SMILES string of the molecule is CCN1CC(NC(=O)[C@H]2Cc3c(sc4ccccc34)CN2)CN1CC.Cl. The van der Waals surface area contributed by atoms with Gasteiger partial charge in [0.2, 0.25) is 5.91 Å². The predicted octanol–water partition coefficient (Wildman–Crippen LogP) is 2.39. The summed E-state index contributed by atoms with van der Waals surface area (Å²) in [6.45, 7) is 8.93. The van der Waals surface area contributed by atoms with Crippen LogP contribution >= 0.6 is 23.7 Å². The summed E-state index contributed by atoms with van der Waals surface area (Å²) in [5.41, 5.74) is 1.36. The van der Waals surface area contributed by atoms with Crippen LogP contribution in [0.3, 0.4) is 0 Å². The van der Waals surface area contributed by atoms with E-state index < -0.39 is 0 Å². The molecule has 1 atom stereocenters. The van der Waals surface area contributed by atoms with E-state index >= 15 is 0 Å². The fourth-order valence-corrected chi connectivity index (χ4v) is 5.23. The van der Waals surface area contributed by atoms with Crippen molar-refractivity contribution >= 4 is 39.7 Å². The Balaban J connectivity index is 0.00000196. The molecule has 1 saturated heterocycles. The van der Waals surface area contributed by atoms with Gasteiger partial charge in [-0.05, 0) is 23.4 Å². The van der Waals surface area contributed by atoms with Gasteiger partial charge in [-0.15, -0.1) is 23.7 Å². The molecule has 2 N–H and O–H groups in total. The molecule has 1 aromatic heterocycles. The molecule has 2 aliphatic heterocycles.